The molecule has 1 heterocycles. The number of rotatable bonds is 1. The molecule has 1 aliphatic heterocycles. The first-order valence-corrected chi connectivity index (χ1v) is 11.3. The molecule has 1 fully saturated rings. The molecule has 3 atom stereocenters. The first-order chi connectivity index (χ1) is 9.09. The van der Waals surface area contributed by atoms with E-state index in [1.807, 2.05) is 20.8 Å². The number of fused-ring (bicyclic) bond motifs is 1. The van der Waals surface area contributed by atoms with E-state index in [1.54, 1.807) is 0 Å². The van der Waals surface area contributed by atoms with Crippen LogP contribution in [0.25, 0.3) is 0 Å². The lowest BCUT2D eigenvalue weighted by molar-refractivity contribution is 0.0254. The summed E-state index contributed by atoms with van der Waals surface area (Å²) in [6.07, 6.45) is 6.71. The standard InChI is InChI=1S/C16H29NO2Si/c1-16(2,3)19-15(18)17-11-12-9-7-8-10-13(12)14(17)20(4,5)6/h7-8,12-14H,9-11H2,1-6H3/t12-,13-,14+/m1/s1. The van der Waals surface area contributed by atoms with Crippen LogP contribution in [-0.4, -0.2) is 36.9 Å². The minimum Gasteiger partial charge on any atom is -0.444 e. The molecule has 0 spiro atoms. The van der Waals surface area contributed by atoms with Gasteiger partial charge in [0.2, 0.25) is 0 Å². The normalized spacial score (nSPS) is 30.3. The number of nitrogens with zero attached hydrogens (tertiary/aromatic N) is 1. The van der Waals surface area contributed by atoms with E-state index in [4.69, 9.17) is 4.74 Å². The number of likely N-dealkylation sites (tertiary alicyclic amines) is 1. The first kappa shape index (κ1) is 15.6. The molecular formula is C16H29NO2Si. The molecule has 0 saturated carbocycles. The third kappa shape index (κ3) is 3.27. The predicted octanol–water partition coefficient (Wildman–Crippen LogP) is 4.07. The molecule has 0 unspecified atom stereocenters. The summed E-state index contributed by atoms with van der Waals surface area (Å²) in [5, 5.41) is 0. The Bertz CT molecular complexity index is 406. The Balaban J connectivity index is 2.21. The molecule has 2 rings (SSSR count). The third-order valence-corrected chi connectivity index (χ3v) is 6.82. The predicted molar refractivity (Wildman–Crippen MR) is 85.4 cm³/mol. The molecule has 1 saturated heterocycles. The van der Waals surface area contributed by atoms with Crippen molar-refractivity contribution in [2.45, 2.75) is 64.5 Å². The second-order valence-electron chi connectivity index (χ2n) is 8.31. The summed E-state index contributed by atoms with van der Waals surface area (Å²) in [4.78, 5) is 14.6. The van der Waals surface area contributed by atoms with Gasteiger partial charge >= 0.3 is 6.09 Å². The first-order valence-electron chi connectivity index (χ1n) is 7.74. The lowest BCUT2D eigenvalue weighted by Crippen LogP contribution is -2.53. The van der Waals surface area contributed by atoms with Gasteiger partial charge in [-0.25, -0.2) is 4.79 Å². The maximum absolute atomic E-state index is 12.6. The van der Waals surface area contributed by atoms with Crippen molar-refractivity contribution in [3.05, 3.63) is 12.2 Å². The van der Waals surface area contributed by atoms with Crippen LogP contribution in [0.4, 0.5) is 4.79 Å². The van der Waals surface area contributed by atoms with E-state index >= 15 is 0 Å². The van der Waals surface area contributed by atoms with Gasteiger partial charge in [0.25, 0.3) is 0 Å². The van der Waals surface area contributed by atoms with Crippen molar-refractivity contribution in [3.8, 4) is 0 Å². The highest BCUT2D eigenvalue weighted by atomic mass is 28.3. The molecule has 0 bridgehead atoms. The van der Waals surface area contributed by atoms with Gasteiger partial charge in [0, 0.05) is 12.2 Å². The Morgan fingerprint density at radius 3 is 2.35 bits per heavy atom. The molecule has 0 aromatic carbocycles. The average molecular weight is 295 g/mol. The van der Waals surface area contributed by atoms with Gasteiger partial charge < -0.3 is 9.64 Å². The maximum atomic E-state index is 12.6. The molecule has 1 amide bonds. The second-order valence-corrected chi connectivity index (χ2v) is 13.6. The van der Waals surface area contributed by atoms with Gasteiger partial charge in [0.15, 0.2) is 0 Å². The summed E-state index contributed by atoms with van der Waals surface area (Å²) in [6, 6.07) is 0. The summed E-state index contributed by atoms with van der Waals surface area (Å²) in [7, 11) is -1.44. The molecule has 0 N–H and O–H groups in total. The molecule has 4 heteroatoms. The SMILES string of the molecule is CC(C)(C)OC(=O)N1C[C@H]2CC=CC[C@H]2[C@@H]1[Si](C)(C)C. The fourth-order valence-corrected chi connectivity index (χ4v) is 6.54. The third-order valence-electron chi connectivity index (χ3n) is 4.31. The van der Waals surface area contributed by atoms with E-state index in [0.29, 0.717) is 17.5 Å². The van der Waals surface area contributed by atoms with E-state index in [0.717, 1.165) is 19.4 Å². The van der Waals surface area contributed by atoms with Crippen molar-refractivity contribution in [2.24, 2.45) is 11.8 Å². The minimum atomic E-state index is -1.44. The highest BCUT2D eigenvalue weighted by molar-refractivity contribution is 6.77. The van der Waals surface area contributed by atoms with Gasteiger partial charge in [0.1, 0.15) is 5.60 Å². The number of hydrogen-bond acceptors (Lipinski definition) is 2. The topological polar surface area (TPSA) is 29.5 Å². The van der Waals surface area contributed by atoms with Gasteiger partial charge in [-0.15, -0.1) is 0 Å². The largest absolute Gasteiger partial charge is 0.444 e. The van der Waals surface area contributed by atoms with Gasteiger partial charge in [-0.2, -0.15) is 0 Å². The van der Waals surface area contributed by atoms with Crippen molar-refractivity contribution < 1.29 is 9.53 Å². The molecular weight excluding hydrogens is 266 g/mol. The lowest BCUT2D eigenvalue weighted by atomic mass is 9.86. The number of amides is 1. The van der Waals surface area contributed by atoms with Crippen LogP contribution in [0.15, 0.2) is 12.2 Å². The monoisotopic (exact) mass is 295 g/mol. The van der Waals surface area contributed by atoms with Crippen molar-refractivity contribution in [1.29, 1.82) is 0 Å². The van der Waals surface area contributed by atoms with E-state index < -0.39 is 13.7 Å². The van der Waals surface area contributed by atoms with Crippen LogP contribution in [-0.2, 0) is 4.74 Å². The Hall–Kier alpha value is -0.773. The zero-order chi connectivity index (χ0) is 15.1. The van der Waals surface area contributed by atoms with Crippen LogP contribution in [0.2, 0.25) is 19.6 Å². The van der Waals surface area contributed by atoms with Crippen LogP contribution < -0.4 is 0 Å². The van der Waals surface area contributed by atoms with E-state index in [9.17, 15) is 4.79 Å². The number of carbonyl (C=O) groups is 1. The van der Waals surface area contributed by atoms with Gasteiger partial charge in [-0.05, 0) is 45.4 Å². The molecule has 20 heavy (non-hydrogen) atoms. The fraction of sp³-hybridized carbons (Fsp3) is 0.812. The molecule has 0 aromatic heterocycles. The number of carbonyl (C=O) groups excluding carboxylic acids is 1. The Morgan fingerprint density at radius 1 is 1.20 bits per heavy atom. The molecule has 2 aliphatic rings. The Labute approximate surface area is 124 Å². The summed E-state index contributed by atoms with van der Waals surface area (Å²) in [5.41, 5.74) is -0.000100. The summed E-state index contributed by atoms with van der Waals surface area (Å²) in [6.45, 7) is 13.8. The Morgan fingerprint density at radius 2 is 1.80 bits per heavy atom. The zero-order valence-corrected chi connectivity index (χ0v) is 14.8. The molecule has 0 aromatic rings. The smallest absolute Gasteiger partial charge is 0.410 e. The minimum absolute atomic E-state index is 0.112. The highest BCUT2D eigenvalue weighted by Crippen LogP contribution is 2.42. The van der Waals surface area contributed by atoms with Crippen molar-refractivity contribution in [2.75, 3.05) is 6.54 Å². The summed E-state index contributed by atoms with van der Waals surface area (Å²) >= 11 is 0. The number of allylic oxidation sites excluding steroid dienone is 2. The zero-order valence-electron chi connectivity index (χ0n) is 13.8. The molecule has 114 valence electrons. The van der Waals surface area contributed by atoms with Crippen LogP contribution in [0, 0.1) is 11.8 Å². The lowest BCUT2D eigenvalue weighted by Gasteiger charge is -2.38. The van der Waals surface area contributed by atoms with Gasteiger partial charge in [0.05, 0.1) is 8.07 Å². The highest BCUT2D eigenvalue weighted by Gasteiger charge is 2.50. The van der Waals surface area contributed by atoms with Crippen molar-refractivity contribution in [1.82, 2.24) is 4.90 Å². The van der Waals surface area contributed by atoms with Crippen LogP contribution in [0.5, 0.6) is 0 Å². The maximum Gasteiger partial charge on any atom is 0.410 e. The average Bonchev–Trinajstić information content (AvgIpc) is 2.65. The van der Waals surface area contributed by atoms with Crippen LogP contribution >= 0.6 is 0 Å². The van der Waals surface area contributed by atoms with E-state index in [2.05, 4.69) is 36.7 Å². The summed E-state index contributed by atoms with van der Waals surface area (Å²) in [5.74, 6) is 1.27. The van der Waals surface area contributed by atoms with E-state index in [1.165, 1.54) is 0 Å². The van der Waals surface area contributed by atoms with Crippen molar-refractivity contribution in [3.63, 3.8) is 0 Å². The van der Waals surface area contributed by atoms with Crippen LogP contribution in [0.1, 0.15) is 33.6 Å². The van der Waals surface area contributed by atoms with Crippen LogP contribution in [0.3, 0.4) is 0 Å². The molecule has 0 radical (unpaired) electrons. The van der Waals surface area contributed by atoms with Gasteiger partial charge in [-0.1, -0.05) is 31.8 Å². The van der Waals surface area contributed by atoms with Gasteiger partial charge in [-0.3, -0.25) is 0 Å². The van der Waals surface area contributed by atoms with E-state index in [-0.39, 0.29) is 6.09 Å². The number of ether oxygens (including phenoxy) is 1. The van der Waals surface area contributed by atoms with Crippen molar-refractivity contribution >= 4 is 14.2 Å². The quantitative estimate of drug-likeness (QED) is 0.539. The molecule has 3 nitrogen and oxygen atoms in total. The number of hydrogen-bond donors (Lipinski definition) is 0. The summed E-state index contributed by atoms with van der Waals surface area (Å²) < 4.78 is 5.64. The molecule has 1 aliphatic carbocycles. The Kier molecular flexibility index (Phi) is 4.07. The fourth-order valence-electron chi connectivity index (χ4n) is 3.70. The second kappa shape index (κ2) is 5.21.